The third kappa shape index (κ3) is 2.64. The molecular formula is C15H30N4O. The van der Waals surface area contributed by atoms with Crippen molar-refractivity contribution in [3.63, 3.8) is 0 Å². The third-order valence-electron chi connectivity index (χ3n) is 5.24. The van der Waals surface area contributed by atoms with Crippen LogP contribution >= 0.6 is 0 Å². The number of likely N-dealkylation sites (tertiary alicyclic amines) is 2. The maximum Gasteiger partial charge on any atom is 0.126 e. The molecule has 0 radical (unpaired) electrons. The van der Waals surface area contributed by atoms with E-state index in [-0.39, 0.29) is 18.1 Å². The Labute approximate surface area is 123 Å². The van der Waals surface area contributed by atoms with Crippen molar-refractivity contribution < 1.29 is 4.79 Å². The van der Waals surface area contributed by atoms with Crippen LogP contribution in [0.15, 0.2) is 0 Å². The van der Waals surface area contributed by atoms with E-state index < -0.39 is 0 Å². The third-order valence-corrected chi connectivity index (χ3v) is 5.24. The molecule has 0 aliphatic carbocycles. The summed E-state index contributed by atoms with van der Waals surface area (Å²) in [5.41, 5.74) is 6.44. The van der Waals surface area contributed by atoms with Crippen LogP contribution in [-0.4, -0.2) is 79.0 Å². The van der Waals surface area contributed by atoms with E-state index in [1.807, 2.05) is 0 Å². The summed E-state index contributed by atoms with van der Waals surface area (Å²) in [6, 6.07) is 0.852. The zero-order valence-corrected chi connectivity index (χ0v) is 13.3. The monoisotopic (exact) mass is 282 g/mol. The molecule has 5 unspecified atom stereocenters. The SMILES string of the molecule is CCC1C(C=O)C(N)C(N2CCC(N(C)C)C2)N1CC. The molecule has 20 heavy (non-hydrogen) atoms. The Morgan fingerprint density at radius 1 is 1.35 bits per heavy atom. The number of carbonyl (C=O) groups excluding carboxylic acids is 1. The number of likely N-dealkylation sites (N-methyl/N-ethyl adjacent to an activating group) is 2. The highest BCUT2D eigenvalue weighted by molar-refractivity contribution is 5.57. The van der Waals surface area contributed by atoms with E-state index >= 15 is 0 Å². The van der Waals surface area contributed by atoms with E-state index in [1.165, 1.54) is 6.42 Å². The van der Waals surface area contributed by atoms with Crippen LogP contribution in [0.1, 0.15) is 26.7 Å². The van der Waals surface area contributed by atoms with E-state index in [0.29, 0.717) is 12.1 Å². The molecule has 0 amide bonds. The second kappa shape index (κ2) is 6.52. The van der Waals surface area contributed by atoms with Gasteiger partial charge in [0.2, 0.25) is 0 Å². The van der Waals surface area contributed by atoms with Gasteiger partial charge in [-0.05, 0) is 33.5 Å². The van der Waals surface area contributed by atoms with Crippen LogP contribution in [0.5, 0.6) is 0 Å². The predicted molar refractivity (Wildman–Crippen MR) is 81.4 cm³/mol. The lowest BCUT2D eigenvalue weighted by Gasteiger charge is -2.36. The van der Waals surface area contributed by atoms with Crippen LogP contribution in [0.25, 0.3) is 0 Å². The molecule has 2 aliphatic heterocycles. The van der Waals surface area contributed by atoms with Crippen molar-refractivity contribution in [2.24, 2.45) is 11.7 Å². The summed E-state index contributed by atoms with van der Waals surface area (Å²) >= 11 is 0. The number of hydrogen-bond acceptors (Lipinski definition) is 5. The summed E-state index contributed by atoms with van der Waals surface area (Å²) in [5.74, 6) is -0.0247. The molecule has 2 aliphatic rings. The van der Waals surface area contributed by atoms with Crippen molar-refractivity contribution in [3.8, 4) is 0 Å². The Morgan fingerprint density at radius 3 is 2.50 bits per heavy atom. The summed E-state index contributed by atoms with van der Waals surface area (Å²) in [6.07, 6.45) is 3.49. The number of rotatable bonds is 5. The van der Waals surface area contributed by atoms with Crippen molar-refractivity contribution in [2.45, 2.75) is 51.0 Å². The van der Waals surface area contributed by atoms with Gasteiger partial charge in [0.15, 0.2) is 0 Å². The van der Waals surface area contributed by atoms with Crippen molar-refractivity contribution in [3.05, 3.63) is 0 Å². The number of hydrogen-bond donors (Lipinski definition) is 1. The van der Waals surface area contributed by atoms with Crippen molar-refractivity contribution in [1.29, 1.82) is 0 Å². The summed E-state index contributed by atoms with van der Waals surface area (Å²) in [6.45, 7) is 7.44. The Kier molecular flexibility index (Phi) is 5.18. The summed E-state index contributed by atoms with van der Waals surface area (Å²) in [5, 5.41) is 0. The van der Waals surface area contributed by atoms with Gasteiger partial charge in [-0.3, -0.25) is 9.80 Å². The predicted octanol–water partition coefficient (Wildman–Crippen LogP) is 0.205. The number of aldehydes is 1. The molecular weight excluding hydrogens is 252 g/mol. The molecule has 5 heteroatoms. The largest absolute Gasteiger partial charge is 0.325 e. The van der Waals surface area contributed by atoms with E-state index in [0.717, 1.165) is 32.3 Å². The molecule has 0 aromatic heterocycles. The lowest BCUT2D eigenvalue weighted by atomic mass is 9.96. The van der Waals surface area contributed by atoms with Crippen LogP contribution in [0, 0.1) is 5.92 Å². The average molecular weight is 282 g/mol. The van der Waals surface area contributed by atoms with E-state index in [1.54, 1.807) is 0 Å². The minimum absolute atomic E-state index is 0.0247. The second-order valence-corrected chi connectivity index (χ2v) is 6.41. The van der Waals surface area contributed by atoms with Gasteiger partial charge in [-0.1, -0.05) is 13.8 Å². The molecule has 0 spiro atoms. The van der Waals surface area contributed by atoms with Crippen LogP contribution in [0.3, 0.4) is 0 Å². The fourth-order valence-electron chi connectivity index (χ4n) is 4.09. The van der Waals surface area contributed by atoms with Crippen molar-refractivity contribution in [2.75, 3.05) is 33.7 Å². The summed E-state index contributed by atoms with van der Waals surface area (Å²) in [4.78, 5) is 18.7. The molecule has 2 heterocycles. The molecule has 0 aromatic rings. The Hall–Kier alpha value is -0.490. The number of carbonyl (C=O) groups is 1. The molecule has 0 saturated carbocycles. The average Bonchev–Trinajstić information content (AvgIpc) is 3.00. The van der Waals surface area contributed by atoms with E-state index in [4.69, 9.17) is 5.73 Å². The molecule has 2 saturated heterocycles. The lowest BCUT2D eigenvalue weighted by Crippen LogP contribution is -2.53. The van der Waals surface area contributed by atoms with Gasteiger partial charge in [0.25, 0.3) is 0 Å². The van der Waals surface area contributed by atoms with Gasteiger partial charge in [-0.25, -0.2) is 0 Å². The topological polar surface area (TPSA) is 52.8 Å². The van der Waals surface area contributed by atoms with Gasteiger partial charge in [0.05, 0.1) is 6.17 Å². The van der Waals surface area contributed by atoms with Gasteiger partial charge in [0, 0.05) is 37.1 Å². The normalized spacial score (nSPS) is 39.8. The van der Waals surface area contributed by atoms with Crippen molar-refractivity contribution in [1.82, 2.24) is 14.7 Å². The minimum Gasteiger partial charge on any atom is -0.325 e. The highest BCUT2D eigenvalue weighted by Crippen LogP contribution is 2.33. The Balaban J connectivity index is 2.15. The van der Waals surface area contributed by atoms with Gasteiger partial charge < -0.3 is 15.4 Å². The molecule has 0 aromatic carbocycles. The second-order valence-electron chi connectivity index (χ2n) is 6.41. The highest BCUT2D eigenvalue weighted by Gasteiger charge is 2.49. The molecule has 5 nitrogen and oxygen atoms in total. The fraction of sp³-hybridized carbons (Fsp3) is 0.933. The maximum atomic E-state index is 11.4. The van der Waals surface area contributed by atoms with E-state index in [2.05, 4.69) is 42.6 Å². The maximum absolute atomic E-state index is 11.4. The Morgan fingerprint density at radius 2 is 2.05 bits per heavy atom. The molecule has 116 valence electrons. The zero-order chi connectivity index (χ0) is 14.9. The number of nitrogens with zero attached hydrogens (tertiary/aromatic N) is 3. The van der Waals surface area contributed by atoms with Crippen molar-refractivity contribution >= 4 is 6.29 Å². The van der Waals surface area contributed by atoms with Crippen LogP contribution in [0.4, 0.5) is 0 Å². The zero-order valence-electron chi connectivity index (χ0n) is 13.3. The highest BCUT2D eigenvalue weighted by atomic mass is 16.1. The minimum atomic E-state index is -0.0571. The molecule has 0 bridgehead atoms. The quantitative estimate of drug-likeness (QED) is 0.730. The first-order valence-corrected chi connectivity index (χ1v) is 7.92. The molecule has 5 atom stereocenters. The molecule has 2 fully saturated rings. The first kappa shape index (κ1) is 15.9. The summed E-state index contributed by atoms with van der Waals surface area (Å²) in [7, 11) is 4.28. The standard InChI is InChI=1S/C15H30N4O/c1-5-13-12(10-20)14(16)15(19(13)6-2)18-8-7-11(9-18)17(3)4/h10-15H,5-9,16H2,1-4H3. The summed E-state index contributed by atoms with van der Waals surface area (Å²) < 4.78 is 0. The van der Waals surface area contributed by atoms with Gasteiger partial charge in [-0.2, -0.15) is 0 Å². The first-order chi connectivity index (χ1) is 9.54. The molecule has 2 rings (SSSR count). The van der Waals surface area contributed by atoms with Gasteiger partial charge in [0.1, 0.15) is 6.29 Å². The van der Waals surface area contributed by atoms with Crippen LogP contribution in [-0.2, 0) is 4.79 Å². The van der Waals surface area contributed by atoms with Crippen LogP contribution in [0.2, 0.25) is 0 Å². The lowest BCUT2D eigenvalue weighted by molar-refractivity contribution is -0.112. The van der Waals surface area contributed by atoms with Gasteiger partial charge >= 0.3 is 0 Å². The Bertz CT molecular complexity index is 336. The number of nitrogens with two attached hydrogens (primary N) is 1. The fourth-order valence-corrected chi connectivity index (χ4v) is 4.09. The first-order valence-electron chi connectivity index (χ1n) is 7.92. The molecule has 2 N–H and O–H groups in total. The smallest absolute Gasteiger partial charge is 0.126 e. The van der Waals surface area contributed by atoms with Gasteiger partial charge in [-0.15, -0.1) is 0 Å². The van der Waals surface area contributed by atoms with Crippen LogP contribution < -0.4 is 5.73 Å². The van der Waals surface area contributed by atoms with E-state index in [9.17, 15) is 4.79 Å².